The minimum absolute atomic E-state index is 0.358. The van der Waals surface area contributed by atoms with Crippen LogP contribution in [0, 0.1) is 5.92 Å². The van der Waals surface area contributed by atoms with E-state index < -0.39 is 0 Å². The zero-order chi connectivity index (χ0) is 14.7. The molecule has 110 valence electrons. The highest BCUT2D eigenvalue weighted by atomic mass is 16.3. The molecule has 0 heterocycles. The number of hydrogen-bond acceptors (Lipinski definition) is 2. The van der Waals surface area contributed by atoms with Crippen LogP contribution in [0.15, 0.2) is 48.5 Å². The molecule has 21 heavy (non-hydrogen) atoms. The van der Waals surface area contributed by atoms with E-state index in [1.54, 1.807) is 6.07 Å². The third-order valence-corrected chi connectivity index (χ3v) is 4.69. The van der Waals surface area contributed by atoms with E-state index in [-0.39, 0.29) is 0 Å². The zero-order valence-electron chi connectivity index (χ0n) is 12.5. The van der Waals surface area contributed by atoms with Gasteiger partial charge in [-0.05, 0) is 67.5 Å². The van der Waals surface area contributed by atoms with Gasteiger partial charge < -0.3 is 10.4 Å². The fourth-order valence-corrected chi connectivity index (χ4v) is 3.51. The van der Waals surface area contributed by atoms with E-state index in [2.05, 4.69) is 35.6 Å². The van der Waals surface area contributed by atoms with Crippen molar-refractivity contribution >= 4 is 0 Å². The summed E-state index contributed by atoms with van der Waals surface area (Å²) >= 11 is 0. The van der Waals surface area contributed by atoms with Gasteiger partial charge in [0.1, 0.15) is 5.75 Å². The molecule has 0 spiro atoms. The van der Waals surface area contributed by atoms with Crippen LogP contribution in [0.3, 0.4) is 0 Å². The van der Waals surface area contributed by atoms with E-state index in [1.807, 2.05) is 19.2 Å². The van der Waals surface area contributed by atoms with Crippen LogP contribution in [-0.2, 0) is 19.3 Å². The molecule has 2 unspecified atom stereocenters. The summed E-state index contributed by atoms with van der Waals surface area (Å²) in [5.41, 5.74) is 4.22. The molecule has 0 amide bonds. The van der Waals surface area contributed by atoms with Gasteiger partial charge in [0.25, 0.3) is 0 Å². The highest BCUT2D eigenvalue weighted by Gasteiger charge is 2.25. The molecule has 2 aromatic carbocycles. The monoisotopic (exact) mass is 281 g/mol. The molecule has 0 bridgehead atoms. The number of likely N-dealkylation sites (N-methyl/N-ethyl adjacent to an activating group) is 1. The Kier molecular flexibility index (Phi) is 4.26. The van der Waals surface area contributed by atoms with Gasteiger partial charge in [-0.25, -0.2) is 0 Å². The lowest BCUT2D eigenvalue weighted by atomic mass is 9.78. The van der Waals surface area contributed by atoms with E-state index in [0.29, 0.717) is 17.7 Å². The van der Waals surface area contributed by atoms with Gasteiger partial charge in [0.05, 0.1) is 0 Å². The Labute approximate surface area is 126 Å². The van der Waals surface area contributed by atoms with Crippen molar-refractivity contribution in [3.05, 3.63) is 65.2 Å². The highest BCUT2D eigenvalue weighted by Crippen LogP contribution is 2.29. The molecule has 2 heteroatoms. The van der Waals surface area contributed by atoms with Crippen LogP contribution in [0.25, 0.3) is 0 Å². The summed E-state index contributed by atoms with van der Waals surface area (Å²) in [7, 11) is 2.05. The fraction of sp³-hybridized carbons (Fsp3) is 0.368. The Bertz CT molecular complexity index is 608. The van der Waals surface area contributed by atoms with E-state index >= 15 is 0 Å². The van der Waals surface area contributed by atoms with E-state index in [1.165, 1.54) is 29.5 Å². The lowest BCUT2D eigenvalue weighted by Crippen LogP contribution is -2.38. The van der Waals surface area contributed by atoms with Crippen LogP contribution in [0.1, 0.15) is 23.1 Å². The van der Waals surface area contributed by atoms with Crippen LogP contribution >= 0.6 is 0 Å². The Hall–Kier alpha value is -1.80. The Balaban J connectivity index is 1.73. The summed E-state index contributed by atoms with van der Waals surface area (Å²) in [4.78, 5) is 0. The summed E-state index contributed by atoms with van der Waals surface area (Å²) in [5.74, 6) is 1.02. The molecule has 3 rings (SSSR count). The van der Waals surface area contributed by atoms with Crippen molar-refractivity contribution in [2.45, 2.75) is 31.7 Å². The van der Waals surface area contributed by atoms with Gasteiger partial charge in [-0.3, -0.25) is 0 Å². The molecule has 0 saturated heterocycles. The molecule has 0 radical (unpaired) electrons. The maximum Gasteiger partial charge on any atom is 0.115 e. The average Bonchev–Trinajstić information content (AvgIpc) is 2.52. The topological polar surface area (TPSA) is 32.3 Å². The number of phenols is 1. The predicted molar refractivity (Wildman–Crippen MR) is 86.6 cm³/mol. The maximum absolute atomic E-state index is 9.62. The third-order valence-electron chi connectivity index (χ3n) is 4.69. The lowest BCUT2D eigenvalue weighted by Gasteiger charge is -2.31. The van der Waals surface area contributed by atoms with Gasteiger partial charge in [-0.15, -0.1) is 0 Å². The maximum atomic E-state index is 9.62. The Morgan fingerprint density at radius 3 is 2.71 bits per heavy atom. The van der Waals surface area contributed by atoms with Gasteiger partial charge in [-0.1, -0.05) is 36.4 Å². The van der Waals surface area contributed by atoms with Crippen LogP contribution in [-0.4, -0.2) is 18.2 Å². The smallest absolute Gasteiger partial charge is 0.115 e. The average molecular weight is 281 g/mol. The number of phenolic OH excluding ortho intramolecular Hbond substituents is 1. The van der Waals surface area contributed by atoms with Crippen LogP contribution < -0.4 is 5.32 Å². The molecular weight excluding hydrogens is 258 g/mol. The zero-order valence-corrected chi connectivity index (χ0v) is 12.5. The van der Waals surface area contributed by atoms with E-state index in [0.717, 1.165) is 12.8 Å². The molecule has 1 aliphatic carbocycles. The number of fused-ring (bicyclic) bond motifs is 1. The van der Waals surface area contributed by atoms with Gasteiger partial charge in [0, 0.05) is 6.04 Å². The molecule has 2 aromatic rings. The summed E-state index contributed by atoms with van der Waals surface area (Å²) < 4.78 is 0. The van der Waals surface area contributed by atoms with Crippen molar-refractivity contribution < 1.29 is 5.11 Å². The molecule has 0 aromatic heterocycles. The summed E-state index contributed by atoms with van der Waals surface area (Å²) in [5, 5.41) is 13.1. The standard InChI is InChI=1S/C19H23NO/c1-20-19(12-14-5-4-8-18(21)11-14)17-10-9-15-6-2-3-7-16(15)13-17/h2-8,11,17,19-21H,9-10,12-13H2,1H3. The quantitative estimate of drug-likeness (QED) is 0.901. The van der Waals surface area contributed by atoms with Gasteiger partial charge in [0.15, 0.2) is 0 Å². The predicted octanol–water partition coefficient (Wildman–Crippen LogP) is 3.33. The molecule has 2 atom stereocenters. The first-order valence-corrected chi connectivity index (χ1v) is 7.78. The normalized spacial score (nSPS) is 19.0. The second-order valence-electron chi connectivity index (χ2n) is 6.04. The van der Waals surface area contributed by atoms with Crippen molar-refractivity contribution in [3.8, 4) is 5.75 Å². The fourth-order valence-electron chi connectivity index (χ4n) is 3.51. The van der Waals surface area contributed by atoms with Gasteiger partial charge >= 0.3 is 0 Å². The molecule has 0 saturated carbocycles. The number of rotatable bonds is 4. The Morgan fingerprint density at radius 1 is 1.14 bits per heavy atom. The number of aryl methyl sites for hydroxylation is 1. The number of nitrogens with one attached hydrogen (secondary N) is 1. The third kappa shape index (κ3) is 3.27. The minimum Gasteiger partial charge on any atom is -0.508 e. The molecule has 2 nitrogen and oxygen atoms in total. The van der Waals surface area contributed by atoms with Crippen molar-refractivity contribution in [1.29, 1.82) is 0 Å². The number of benzene rings is 2. The van der Waals surface area contributed by atoms with Crippen LogP contribution in [0.4, 0.5) is 0 Å². The molecule has 0 fully saturated rings. The highest BCUT2D eigenvalue weighted by molar-refractivity contribution is 5.31. The summed E-state index contributed by atoms with van der Waals surface area (Å²) in [6.45, 7) is 0. The minimum atomic E-state index is 0.358. The lowest BCUT2D eigenvalue weighted by molar-refractivity contribution is 0.332. The number of aromatic hydroxyl groups is 1. The van der Waals surface area contributed by atoms with Crippen LogP contribution in [0.5, 0.6) is 5.75 Å². The number of hydrogen-bond donors (Lipinski definition) is 2. The molecule has 2 N–H and O–H groups in total. The first-order chi connectivity index (χ1) is 10.3. The van der Waals surface area contributed by atoms with Crippen LogP contribution in [0.2, 0.25) is 0 Å². The van der Waals surface area contributed by atoms with E-state index in [9.17, 15) is 5.11 Å². The van der Waals surface area contributed by atoms with Crippen molar-refractivity contribution in [2.24, 2.45) is 5.92 Å². The first kappa shape index (κ1) is 14.2. The molecule has 0 aliphatic heterocycles. The van der Waals surface area contributed by atoms with Crippen molar-refractivity contribution in [1.82, 2.24) is 5.32 Å². The molecule has 1 aliphatic rings. The van der Waals surface area contributed by atoms with Crippen molar-refractivity contribution in [3.63, 3.8) is 0 Å². The van der Waals surface area contributed by atoms with E-state index in [4.69, 9.17) is 0 Å². The van der Waals surface area contributed by atoms with Crippen molar-refractivity contribution in [2.75, 3.05) is 7.05 Å². The Morgan fingerprint density at radius 2 is 1.95 bits per heavy atom. The summed E-state index contributed by atoms with van der Waals surface area (Å²) in [6, 6.07) is 16.9. The second kappa shape index (κ2) is 6.31. The van der Waals surface area contributed by atoms with Gasteiger partial charge in [-0.2, -0.15) is 0 Å². The second-order valence-corrected chi connectivity index (χ2v) is 6.04. The largest absolute Gasteiger partial charge is 0.508 e. The first-order valence-electron chi connectivity index (χ1n) is 7.78. The van der Waals surface area contributed by atoms with Gasteiger partial charge in [0.2, 0.25) is 0 Å². The summed E-state index contributed by atoms with van der Waals surface area (Å²) in [6.07, 6.45) is 4.54. The molecular formula is C19H23NO. The SMILES string of the molecule is CNC(Cc1cccc(O)c1)C1CCc2ccccc2C1.